The predicted molar refractivity (Wildman–Crippen MR) is 118 cm³/mol. The summed E-state index contributed by atoms with van der Waals surface area (Å²) in [5, 5.41) is 2.92. The van der Waals surface area contributed by atoms with E-state index in [1.807, 2.05) is 24.3 Å². The number of hydrogen-bond acceptors (Lipinski definition) is 4. The van der Waals surface area contributed by atoms with Gasteiger partial charge in [0.1, 0.15) is 17.8 Å². The maximum atomic E-state index is 13.2. The van der Waals surface area contributed by atoms with E-state index in [2.05, 4.69) is 26.1 Å². The molecule has 1 aliphatic carbocycles. The Bertz CT molecular complexity index is 843. The number of rotatable bonds is 7. The molecule has 1 saturated heterocycles. The third-order valence-electron chi connectivity index (χ3n) is 7.42. The first-order chi connectivity index (χ1) is 14.6. The first-order valence-corrected chi connectivity index (χ1v) is 11.1. The van der Waals surface area contributed by atoms with Crippen LogP contribution in [0.1, 0.15) is 58.4 Å². The average molecular weight is 430 g/mol. The van der Waals surface area contributed by atoms with Crippen LogP contribution in [0, 0.1) is 11.3 Å². The average Bonchev–Trinajstić information content (AvgIpc) is 2.98. The first-order valence-electron chi connectivity index (χ1n) is 11.1. The zero-order valence-electron chi connectivity index (χ0n) is 19.4. The molecule has 7 nitrogen and oxygen atoms in total. The fourth-order valence-electron chi connectivity index (χ4n) is 4.77. The standard InChI is InChI=1S/C24H35N3O4/c1-6-23(2,3)18-11-13-24(14-12-18)21(29)27(22(30)25-24)16-20(28)26(4)15-17-9-7-8-10-19(17)31-5/h7-10,18H,6,11-16H2,1-5H3,(H,25,30). The second-order valence-electron chi connectivity index (χ2n) is 9.58. The van der Waals surface area contributed by atoms with Crippen molar-refractivity contribution >= 4 is 17.8 Å². The largest absolute Gasteiger partial charge is 0.496 e. The predicted octanol–water partition coefficient (Wildman–Crippen LogP) is 3.57. The molecule has 1 aromatic rings. The minimum absolute atomic E-state index is 0.226. The topological polar surface area (TPSA) is 79.0 Å². The number of imide groups is 1. The van der Waals surface area contributed by atoms with Crippen molar-refractivity contribution in [1.82, 2.24) is 15.1 Å². The van der Waals surface area contributed by atoms with Crippen molar-refractivity contribution < 1.29 is 19.1 Å². The second-order valence-corrected chi connectivity index (χ2v) is 9.58. The van der Waals surface area contributed by atoms with E-state index in [9.17, 15) is 14.4 Å². The Morgan fingerprint density at radius 2 is 1.90 bits per heavy atom. The number of nitrogens with zero attached hydrogens (tertiary/aromatic N) is 2. The Morgan fingerprint density at radius 1 is 1.26 bits per heavy atom. The Labute approximate surface area is 185 Å². The normalized spacial score (nSPS) is 23.8. The minimum atomic E-state index is -0.848. The first kappa shape index (κ1) is 23.1. The number of amides is 4. The number of carbonyl (C=O) groups excluding carboxylic acids is 3. The molecule has 31 heavy (non-hydrogen) atoms. The lowest BCUT2D eigenvalue weighted by molar-refractivity contribution is -0.139. The maximum absolute atomic E-state index is 13.2. The molecular formula is C24H35N3O4. The summed E-state index contributed by atoms with van der Waals surface area (Å²) in [6.07, 6.45) is 4.16. The molecule has 1 heterocycles. The molecule has 1 saturated carbocycles. The molecule has 1 aromatic carbocycles. The van der Waals surface area contributed by atoms with Gasteiger partial charge in [0.05, 0.1) is 7.11 Å². The van der Waals surface area contributed by atoms with E-state index in [1.165, 1.54) is 4.90 Å². The highest BCUT2D eigenvalue weighted by atomic mass is 16.5. The summed E-state index contributed by atoms with van der Waals surface area (Å²) in [4.78, 5) is 41.2. The molecule has 170 valence electrons. The molecule has 7 heteroatoms. The van der Waals surface area contributed by atoms with Gasteiger partial charge in [0.25, 0.3) is 5.91 Å². The van der Waals surface area contributed by atoms with E-state index < -0.39 is 11.6 Å². The van der Waals surface area contributed by atoms with Gasteiger partial charge in [-0.3, -0.25) is 14.5 Å². The molecule has 0 radical (unpaired) electrons. The van der Waals surface area contributed by atoms with Gasteiger partial charge in [-0.25, -0.2) is 4.79 Å². The smallest absolute Gasteiger partial charge is 0.325 e. The highest BCUT2D eigenvalue weighted by Gasteiger charge is 2.53. The minimum Gasteiger partial charge on any atom is -0.496 e. The molecule has 1 spiro atoms. The van der Waals surface area contributed by atoms with Crippen molar-refractivity contribution in [3.05, 3.63) is 29.8 Å². The van der Waals surface area contributed by atoms with Crippen LogP contribution in [0.5, 0.6) is 5.75 Å². The highest BCUT2D eigenvalue weighted by molar-refractivity contribution is 6.09. The van der Waals surface area contributed by atoms with Crippen LogP contribution < -0.4 is 10.1 Å². The number of nitrogens with one attached hydrogen (secondary N) is 1. The third-order valence-corrected chi connectivity index (χ3v) is 7.42. The summed E-state index contributed by atoms with van der Waals surface area (Å²) in [7, 11) is 3.25. The molecular weight excluding hydrogens is 394 g/mol. The summed E-state index contributed by atoms with van der Waals surface area (Å²) < 4.78 is 5.34. The molecule has 3 rings (SSSR count). The molecule has 0 bridgehead atoms. The van der Waals surface area contributed by atoms with Gasteiger partial charge in [0.15, 0.2) is 0 Å². The van der Waals surface area contributed by atoms with Crippen LogP contribution >= 0.6 is 0 Å². The number of urea groups is 1. The lowest BCUT2D eigenvalue weighted by atomic mass is 9.65. The zero-order chi connectivity index (χ0) is 22.8. The Balaban J connectivity index is 1.63. The van der Waals surface area contributed by atoms with Gasteiger partial charge in [-0.05, 0) is 43.1 Å². The van der Waals surface area contributed by atoms with Crippen LogP contribution in [0.2, 0.25) is 0 Å². The van der Waals surface area contributed by atoms with Crippen LogP contribution in [0.25, 0.3) is 0 Å². The molecule has 0 aromatic heterocycles. The number of likely N-dealkylation sites (N-methyl/N-ethyl adjacent to an activating group) is 1. The van der Waals surface area contributed by atoms with Gasteiger partial charge >= 0.3 is 6.03 Å². The molecule has 2 aliphatic rings. The second kappa shape index (κ2) is 8.89. The summed E-state index contributed by atoms with van der Waals surface area (Å²) in [6, 6.07) is 7.02. The van der Waals surface area contributed by atoms with Crippen molar-refractivity contribution in [3.63, 3.8) is 0 Å². The van der Waals surface area contributed by atoms with Gasteiger partial charge in [-0.1, -0.05) is 45.4 Å². The number of methoxy groups -OCH3 is 1. The van der Waals surface area contributed by atoms with Gasteiger partial charge < -0.3 is 15.0 Å². The SMILES string of the molecule is CCC(C)(C)C1CCC2(CC1)NC(=O)N(CC(=O)N(C)Cc1ccccc1OC)C2=O. The quantitative estimate of drug-likeness (QED) is 0.672. The summed E-state index contributed by atoms with van der Waals surface area (Å²) >= 11 is 0. The Hall–Kier alpha value is -2.57. The Morgan fingerprint density at radius 3 is 2.52 bits per heavy atom. The molecule has 0 atom stereocenters. The zero-order valence-corrected chi connectivity index (χ0v) is 19.4. The van der Waals surface area contributed by atoms with E-state index in [0.29, 0.717) is 31.1 Å². The number of ether oxygens (including phenoxy) is 1. The number of benzene rings is 1. The van der Waals surface area contributed by atoms with Crippen LogP contribution in [0.4, 0.5) is 4.79 Å². The van der Waals surface area contributed by atoms with Crippen LogP contribution in [0.15, 0.2) is 24.3 Å². The van der Waals surface area contributed by atoms with Crippen LogP contribution in [-0.4, -0.2) is 53.9 Å². The van der Waals surface area contributed by atoms with Crippen molar-refractivity contribution in [2.75, 3.05) is 20.7 Å². The highest BCUT2D eigenvalue weighted by Crippen LogP contribution is 2.45. The van der Waals surface area contributed by atoms with E-state index in [4.69, 9.17) is 4.74 Å². The molecule has 1 N–H and O–H groups in total. The van der Waals surface area contributed by atoms with Crippen molar-refractivity contribution in [2.45, 2.75) is 65.0 Å². The fourth-order valence-corrected chi connectivity index (χ4v) is 4.77. The lowest BCUT2D eigenvalue weighted by Gasteiger charge is -2.42. The van der Waals surface area contributed by atoms with Crippen molar-refractivity contribution in [3.8, 4) is 5.75 Å². The monoisotopic (exact) mass is 429 g/mol. The fraction of sp³-hybridized carbons (Fsp3) is 0.625. The van der Waals surface area contributed by atoms with E-state index in [1.54, 1.807) is 14.2 Å². The van der Waals surface area contributed by atoms with Gasteiger partial charge in [0, 0.05) is 19.2 Å². The molecule has 2 fully saturated rings. The van der Waals surface area contributed by atoms with Crippen LogP contribution in [0.3, 0.4) is 0 Å². The molecule has 1 aliphatic heterocycles. The Kier molecular flexibility index (Phi) is 6.62. The van der Waals surface area contributed by atoms with Gasteiger partial charge in [-0.15, -0.1) is 0 Å². The number of para-hydroxylation sites is 1. The van der Waals surface area contributed by atoms with E-state index in [-0.39, 0.29) is 23.8 Å². The molecule has 0 unspecified atom stereocenters. The van der Waals surface area contributed by atoms with Crippen molar-refractivity contribution in [2.24, 2.45) is 11.3 Å². The van der Waals surface area contributed by atoms with E-state index in [0.717, 1.165) is 29.7 Å². The summed E-state index contributed by atoms with van der Waals surface area (Å²) in [5.41, 5.74) is 0.245. The summed E-state index contributed by atoms with van der Waals surface area (Å²) in [6.45, 7) is 6.83. The maximum Gasteiger partial charge on any atom is 0.325 e. The third kappa shape index (κ3) is 4.55. The molecule has 4 amide bonds. The summed E-state index contributed by atoms with van der Waals surface area (Å²) in [5.74, 6) is 0.690. The lowest BCUT2D eigenvalue weighted by Crippen LogP contribution is -2.51. The van der Waals surface area contributed by atoms with Crippen molar-refractivity contribution in [1.29, 1.82) is 0 Å². The van der Waals surface area contributed by atoms with Gasteiger partial charge in [-0.2, -0.15) is 0 Å². The number of hydrogen-bond donors (Lipinski definition) is 1. The van der Waals surface area contributed by atoms with Gasteiger partial charge in [0.2, 0.25) is 5.91 Å². The van der Waals surface area contributed by atoms with E-state index >= 15 is 0 Å². The van der Waals surface area contributed by atoms with Crippen LogP contribution in [-0.2, 0) is 16.1 Å². The number of carbonyl (C=O) groups is 3.